The molecule has 0 radical (unpaired) electrons. The Morgan fingerprint density at radius 3 is 2.74 bits per heavy atom. The summed E-state index contributed by atoms with van der Waals surface area (Å²) in [6, 6.07) is 3.05. The molecule has 5 rings (SSSR count). The smallest absolute Gasteiger partial charge is 0.421 e. The molecule has 2 atom stereocenters. The highest BCUT2D eigenvalue weighted by molar-refractivity contribution is 6.09. The van der Waals surface area contributed by atoms with Gasteiger partial charge in [-0.1, -0.05) is 13.8 Å². The number of furan rings is 1. The molecule has 0 bridgehead atoms. The number of nitrogens with zero attached hydrogens (tertiary/aromatic N) is 2. The second-order valence-corrected chi connectivity index (χ2v) is 9.61. The van der Waals surface area contributed by atoms with Gasteiger partial charge >= 0.3 is 6.18 Å². The molecule has 184 valence electrons. The van der Waals surface area contributed by atoms with Crippen LogP contribution in [0.25, 0.3) is 21.9 Å². The van der Waals surface area contributed by atoms with Crippen LogP contribution in [-0.4, -0.2) is 60.9 Å². The van der Waals surface area contributed by atoms with Crippen LogP contribution in [0.15, 0.2) is 22.7 Å². The highest BCUT2D eigenvalue weighted by atomic mass is 19.4. The number of benzene rings is 1. The summed E-state index contributed by atoms with van der Waals surface area (Å²) in [6.45, 7) is 6.39. The first kappa shape index (κ1) is 23.1. The maximum atomic E-state index is 14.2. The minimum absolute atomic E-state index is 0.0366. The summed E-state index contributed by atoms with van der Waals surface area (Å²) >= 11 is 0. The number of amides is 1. The molecular weight excluding hydrogens is 455 g/mol. The Labute approximate surface area is 193 Å². The van der Waals surface area contributed by atoms with Crippen molar-refractivity contribution in [3.63, 3.8) is 0 Å². The van der Waals surface area contributed by atoms with E-state index in [-0.39, 0.29) is 40.7 Å². The van der Waals surface area contributed by atoms with Crippen molar-refractivity contribution in [1.29, 1.82) is 0 Å². The fourth-order valence-corrected chi connectivity index (χ4v) is 4.59. The predicted molar refractivity (Wildman–Crippen MR) is 116 cm³/mol. The molecule has 1 amide bonds. The number of carbonyl (C=O) groups excluding carboxylic acids is 1. The van der Waals surface area contributed by atoms with Crippen molar-refractivity contribution in [3.05, 3.63) is 29.7 Å². The number of alkyl halides is 3. The van der Waals surface area contributed by atoms with Gasteiger partial charge in [0.1, 0.15) is 22.8 Å². The average Bonchev–Trinajstić information content (AvgIpc) is 3.46. The molecule has 0 spiro atoms. The third-order valence-corrected chi connectivity index (χ3v) is 6.12. The van der Waals surface area contributed by atoms with E-state index in [2.05, 4.69) is 10.4 Å². The van der Waals surface area contributed by atoms with Crippen LogP contribution in [0.5, 0.6) is 0 Å². The summed E-state index contributed by atoms with van der Waals surface area (Å²) < 4.78 is 66.2. The average molecular weight is 481 g/mol. The Morgan fingerprint density at radius 1 is 1.24 bits per heavy atom. The van der Waals surface area contributed by atoms with Crippen LogP contribution in [0.4, 0.5) is 13.2 Å². The van der Waals surface area contributed by atoms with Gasteiger partial charge in [0.05, 0.1) is 44.5 Å². The number of hydrogen-bond donors (Lipinski definition) is 1. The topological polar surface area (TPSA) is 87.8 Å². The van der Waals surface area contributed by atoms with E-state index in [0.29, 0.717) is 44.8 Å². The normalized spacial score (nSPS) is 23.1. The number of rotatable bonds is 5. The molecule has 11 heteroatoms. The molecule has 0 saturated carbocycles. The number of hydrogen-bond acceptors (Lipinski definition) is 6. The van der Waals surface area contributed by atoms with Gasteiger partial charge in [0.25, 0.3) is 5.91 Å². The van der Waals surface area contributed by atoms with E-state index < -0.39 is 23.4 Å². The van der Waals surface area contributed by atoms with E-state index >= 15 is 0 Å². The van der Waals surface area contributed by atoms with Crippen LogP contribution in [0, 0.1) is 5.41 Å². The first-order chi connectivity index (χ1) is 16.1. The van der Waals surface area contributed by atoms with E-state index in [0.717, 1.165) is 0 Å². The van der Waals surface area contributed by atoms with Gasteiger partial charge in [-0.2, -0.15) is 18.3 Å². The first-order valence-corrected chi connectivity index (χ1v) is 11.2. The Balaban J connectivity index is 1.47. The third-order valence-electron chi connectivity index (χ3n) is 6.12. The molecule has 34 heavy (non-hydrogen) atoms. The van der Waals surface area contributed by atoms with E-state index in [1.165, 1.54) is 10.7 Å². The van der Waals surface area contributed by atoms with E-state index in [1.807, 2.05) is 13.8 Å². The molecule has 1 aromatic carbocycles. The standard InChI is InChI=1S/C23H26F3N3O5/c1-22(2)7-14(33-12-22)8-27-21(30)20-18(23(24,25)26)17-16(34-20)4-3-13-9-29(28-19(13)17)10-15-11-31-5-6-32-15/h3-4,9,14-15H,5-8,10-12H2,1-2H3,(H,27,30)/t14?,15-/m0/s1. The van der Waals surface area contributed by atoms with Crippen molar-refractivity contribution >= 4 is 27.8 Å². The van der Waals surface area contributed by atoms with Crippen molar-refractivity contribution in [3.8, 4) is 0 Å². The van der Waals surface area contributed by atoms with Gasteiger partial charge in [-0.05, 0) is 24.0 Å². The Morgan fingerprint density at radius 2 is 2.06 bits per heavy atom. The quantitative estimate of drug-likeness (QED) is 0.597. The molecule has 2 aliphatic rings. The van der Waals surface area contributed by atoms with E-state index in [1.54, 1.807) is 12.3 Å². The molecule has 1 unspecified atom stereocenters. The van der Waals surface area contributed by atoms with Crippen molar-refractivity contribution < 1.29 is 36.6 Å². The third kappa shape index (κ3) is 4.51. The molecule has 8 nitrogen and oxygen atoms in total. The molecule has 3 aromatic rings. The molecular formula is C23H26F3N3O5. The number of fused-ring (bicyclic) bond motifs is 3. The van der Waals surface area contributed by atoms with Crippen molar-refractivity contribution in [2.45, 2.75) is 45.2 Å². The predicted octanol–water partition coefficient (Wildman–Crippen LogP) is 3.76. The van der Waals surface area contributed by atoms with Crippen LogP contribution >= 0.6 is 0 Å². The van der Waals surface area contributed by atoms with E-state index in [4.69, 9.17) is 18.6 Å². The van der Waals surface area contributed by atoms with Crippen molar-refractivity contribution in [2.24, 2.45) is 5.41 Å². The Hall–Kier alpha value is -2.63. The van der Waals surface area contributed by atoms with Crippen LogP contribution in [0.3, 0.4) is 0 Å². The molecule has 4 heterocycles. The maximum absolute atomic E-state index is 14.2. The molecule has 2 saturated heterocycles. The monoisotopic (exact) mass is 481 g/mol. The molecule has 2 aliphatic heterocycles. The summed E-state index contributed by atoms with van der Waals surface area (Å²) in [6.07, 6.45) is -2.96. The fourth-order valence-electron chi connectivity index (χ4n) is 4.59. The van der Waals surface area contributed by atoms with Crippen LogP contribution in [0.2, 0.25) is 0 Å². The Bertz CT molecular complexity index is 1210. The Kier molecular flexibility index (Phi) is 5.81. The minimum atomic E-state index is -4.82. The summed E-state index contributed by atoms with van der Waals surface area (Å²) in [5, 5.41) is 7.20. The minimum Gasteiger partial charge on any atom is -0.450 e. The lowest BCUT2D eigenvalue weighted by molar-refractivity contribution is -0.137. The zero-order valence-corrected chi connectivity index (χ0v) is 18.9. The zero-order valence-electron chi connectivity index (χ0n) is 18.9. The number of nitrogens with one attached hydrogen (secondary N) is 1. The van der Waals surface area contributed by atoms with Crippen LogP contribution in [0.1, 0.15) is 36.4 Å². The summed E-state index contributed by atoms with van der Waals surface area (Å²) in [5.41, 5.74) is -1.10. The van der Waals surface area contributed by atoms with Gasteiger partial charge in [0.2, 0.25) is 5.76 Å². The maximum Gasteiger partial charge on any atom is 0.421 e. The SMILES string of the molecule is CC1(C)COC(CNC(=O)c2oc3ccc4cn(C[C@H]5COCCO5)nc4c3c2C(F)(F)F)C1. The van der Waals surface area contributed by atoms with Crippen molar-refractivity contribution in [2.75, 3.05) is 33.0 Å². The van der Waals surface area contributed by atoms with Gasteiger partial charge in [0.15, 0.2) is 0 Å². The molecule has 1 N–H and O–H groups in total. The zero-order chi connectivity index (χ0) is 24.1. The van der Waals surface area contributed by atoms with Gasteiger partial charge in [-0.25, -0.2) is 0 Å². The highest BCUT2D eigenvalue weighted by Crippen LogP contribution is 2.42. The number of halogens is 3. The van der Waals surface area contributed by atoms with Gasteiger partial charge in [0, 0.05) is 18.1 Å². The number of carbonyl (C=O) groups is 1. The van der Waals surface area contributed by atoms with Crippen LogP contribution < -0.4 is 5.32 Å². The van der Waals surface area contributed by atoms with E-state index in [9.17, 15) is 18.0 Å². The van der Waals surface area contributed by atoms with Gasteiger partial charge in [-0.15, -0.1) is 0 Å². The largest absolute Gasteiger partial charge is 0.450 e. The fraction of sp³-hybridized carbons (Fsp3) is 0.565. The lowest BCUT2D eigenvalue weighted by atomic mass is 9.91. The van der Waals surface area contributed by atoms with Crippen molar-refractivity contribution in [1.82, 2.24) is 15.1 Å². The first-order valence-electron chi connectivity index (χ1n) is 11.2. The molecule has 0 aliphatic carbocycles. The highest BCUT2D eigenvalue weighted by Gasteiger charge is 2.42. The summed E-state index contributed by atoms with van der Waals surface area (Å²) in [4.78, 5) is 12.8. The van der Waals surface area contributed by atoms with Gasteiger partial charge in [-0.3, -0.25) is 9.48 Å². The lowest BCUT2D eigenvalue weighted by Gasteiger charge is -2.22. The lowest BCUT2D eigenvalue weighted by Crippen LogP contribution is -2.33. The number of aromatic nitrogens is 2. The number of ether oxygens (including phenoxy) is 3. The summed E-state index contributed by atoms with van der Waals surface area (Å²) in [5.74, 6) is -1.71. The molecule has 2 fully saturated rings. The van der Waals surface area contributed by atoms with Crippen LogP contribution in [-0.2, 0) is 26.9 Å². The second kappa shape index (κ2) is 8.54. The second-order valence-electron chi connectivity index (χ2n) is 9.61. The van der Waals surface area contributed by atoms with Gasteiger partial charge < -0.3 is 23.9 Å². The molecule has 2 aromatic heterocycles. The summed E-state index contributed by atoms with van der Waals surface area (Å²) in [7, 11) is 0.